The van der Waals surface area contributed by atoms with E-state index in [0.717, 1.165) is 27.9 Å². The van der Waals surface area contributed by atoms with Crippen LogP contribution in [-0.2, 0) is 10.0 Å². The molecule has 0 saturated heterocycles. The van der Waals surface area contributed by atoms with Crippen molar-refractivity contribution in [3.63, 3.8) is 0 Å². The molecule has 0 radical (unpaired) electrons. The first-order chi connectivity index (χ1) is 8.70. The van der Waals surface area contributed by atoms with Crippen molar-refractivity contribution in [3.05, 3.63) is 14.7 Å². The van der Waals surface area contributed by atoms with Crippen LogP contribution < -0.4 is 4.72 Å². The highest BCUT2D eigenvalue weighted by Gasteiger charge is 2.31. The summed E-state index contributed by atoms with van der Waals surface area (Å²) < 4.78 is 28.6. The second-order valence-electron chi connectivity index (χ2n) is 6.05. The molecule has 3 nitrogen and oxygen atoms in total. The van der Waals surface area contributed by atoms with E-state index in [-0.39, 0.29) is 11.5 Å². The molecule has 19 heavy (non-hydrogen) atoms. The molecule has 1 saturated carbocycles. The summed E-state index contributed by atoms with van der Waals surface area (Å²) in [6.07, 6.45) is 4.12. The molecule has 1 N–H and O–H groups in total. The molecule has 108 valence electrons. The van der Waals surface area contributed by atoms with Crippen LogP contribution in [0.15, 0.2) is 14.7 Å². The molecule has 1 unspecified atom stereocenters. The van der Waals surface area contributed by atoms with Crippen LogP contribution in [0.4, 0.5) is 0 Å². The Labute approximate surface area is 128 Å². The van der Waals surface area contributed by atoms with Crippen molar-refractivity contribution in [2.45, 2.75) is 57.4 Å². The third-order valence-electron chi connectivity index (χ3n) is 3.66. The van der Waals surface area contributed by atoms with Gasteiger partial charge in [0.25, 0.3) is 0 Å². The molecule has 1 fully saturated rings. The van der Waals surface area contributed by atoms with Gasteiger partial charge in [0, 0.05) is 10.9 Å². The molecule has 1 atom stereocenters. The van der Waals surface area contributed by atoms with Gasteiger partial charge in [0.05, 0.1) is 8.68 Å². The van der Waals surface area contributed by atoms with Gasteiger partial charge >= 0.3 is 0 Å². The van der Waals surface area contributed by atoms with Gasteiger partial charge in [-0.3, -0.25) is 0 Å². The van der Waals surface area contributed by atoms with Crippen LogP contribution in [0.1, 0.15) is 44.4 Å². The maximum absolute atomic E-state index is 12.4. The van der Waals surface area contributed by atoms with Crippen molar-refractivity contribution < 1.29 is 8.42 Å². The average Bonchev–Trinajstić information content (AvgIpc) is 2.56. The molecule has 2 rings (SSSR count). The van der Waals surface area contributed by atoms with Crippen molar-refractivity contribution in [1.82, 2.24) is 4.72 Å². The Bertz CT molecular complexity index is 563. The Balaban J connectivity index is 2.16. The molecule has 0 amide bonds. The van der Waals surface area contributed by atoms with Gasteiger partial charge in [0.1, 0.15) is 0 Å². The van der Waals surface area contributed by atoms with E-state index in [1.54, 1.807) is 6.07 Å². The van der Waals surface area contributed by atoms with Gasteiger partial charge < -0.3 is 0 Å². The molecule has 1 aliphatic carbocycles. The number of hydrogen-bond acceptors (Lipinski definition) is 3. The Kier molecular flexibility index (Phi) is 4.45. The molecule has 1 aromatic rings. The van der Waals surface area contributed by atoms with E-state index >= 15 is 0 Å². The summed E-state index contributed by atoms with van der Waals surface area (Å²) in [4.78, 5) is 1.24. The van der Waals surface area contributed by atoms with Gasteiger partial charge in [-0.25, -0.2) is 13.1 Å². The van der Waals surface area contributed by atoms with Crippen molar-refractivity contribution in [2.24, 2.45) is 5.41 Å². The number of rotatable bonds is 3. The third kappa shape index (κ3) is 3.80. The number of nitrogens with one attached hydrogen (secondary N) is 1. The van der Waals surface area contributed by atoms with E-state index in [1.807, 2.05) is 6.92 Å². The van der Waals surface area contributed by atoms with E-state index in [1.165, 1.54) is 17.8 Å². The first-order valence-electron chi connectivity index (χ1n) is 6.48. The second kappa shape index (κ2) is 5.47. The second-order valence-corrected chi connectivity index (χ2v) is 10.4. The molecule has 0 aromatic carbocycles. The number of halogens is 1. The molecule has 0 bridgehead atoms. The minimum Gasteiger partial charge on any atom is -0.208 e. The summed E-state index contributed by atoms with van der Waals surface area (Å²) in [6.45, 7) is 6.26. The molecular formula is C13H20BrNO2S2. The van der Waals surface area contributed by atoms with Crippen LogP contribution in [0.25, 0.3) is 0 Å². The molecule has 6 heteroatoms. The minimum atomic E-state index is -3.39. The fourth-order valence-electron chi connectivity index (χ4n) is 2.78. The van der Waals surface area contributed by atoms with Crippen LogP contribution in [-0.4, -0.2) is 14.5 Å². The third-order valence-corrected chi connectivity index (χ3v) is 6.99. The summed E-state index contributed by atoms with van der Waals surface area (Å²) in [5, 5.41) is 0. The highest BCUT2D eigenvalue weighted by molar-refractivity contribution is 9.11. The van der Waals surface area contributed by atoms with Gasteiger partial charge in [-0.1, -0.05) is 20.3 Å². The number of hydrogen-bond donors (Lipinski definition) is 1. The summed E-state index contributed by atoms with van der Waals surface area (Å²) in [6, 6.07) is 1.75. The van der Waals surface area contributed by atoms with Crippen LogP contribution in [0.3, 0.4) is 0 Å². The summed E-state index contributed by atoms with van der Waals surface area (Å²) in [5.74, 6) is 0. The zero-order chi connectivity index (χ0) is 14.3. The molecular weight excluding hydrogens is 346 g/mol. The largest absolute Gasteiger partial charge is 0.241 e. The minimum absolute atomic E-state index is 0.0619. The number of aryl methyl sites for hydroxylation is 1. The fourth-order valence-corrected chi connectivity index (χ4v) is 6.46. The van der Waals surface area contributed by atoms with Crippen LogP contribution in [0.2, 0.25) is 0 Å². The monoisotopic (exact) mass is 365 g/mol. The Morgan fingerprint density at radius 2 is 2.16 bits per heavy atom. The van der Waals surface area contributed by atoms with Gasteiger partial charge in [0.15, 0.2) is 0 Å². The predicted molar refractivity (Wildman–Crippen MR) is 83.1 cm³/mol. The molecule has 1 heterocycles. The van der Waals surface area contributed by atoms with E-state index in [0.29, 0.717) is 4.90 Å². The number of thiophene rings is 1. The first-order valence-corrected chi connectivity index (χ1v) is 9.57. The summed E-state index contributed by atoms with van der Waals surface area (Å²) in [5.41, 5.74) is 0.232. The van der Waals surface area contributed by atoms with E-state index in [4.69, 9.17) is 0 Å². The quantitative estimate of drug-likeness (QED) is 0.877. The maximum Gasteiger partial charge on any atom is 0.241 e. The van der Waals surface area contributed by atoms with Gasteiger partial charge in [-0.05, 0) is 53.6 Å². The average molecular weight is 366 g/mol. The smallest absolute Gasteiger partial charge is 0.208 e. The fraction of sp³-hybridized carbons (Fsp3) is 0.692. The van der Waals surface area contributed by atoms with Crippen molar-refractivity contribution >= 4 is 37.3 Å². The van der Waals surface area contributed by atoms with Gasteiger partial charge in [-0.15, -0.1) is 11.3 Å². The van der Waals surface area contributed by atoms with Gasteiger partial charge in [0.2, 0.25) is 10.0 Å². The van der Waals surface area contributed by atoms with E-state index in [2.05, 4.69) is 34.5 Å². The highest BCUT2D eigenvalue weighted by atomic mass is 79.9. The normalized spacial score (nSPS) is 23.5. The molecule has 0 spiro atoms. The van der Waals surface area contributed by atoms with Crippen molar-refractivity contribution in [3.8, 4) is 0 Å². The van der Waals surface area contributed by atoms with E-state index < -0.39 is 10.0 Å². The maximum atomic E-state index is 12.4. The highest BCUT2D eigenvalue weighted by Crippen LogP contribution is 2.36. The lowest BCUT2D eigenvalue weighted by molar-refractivity contribution is 0.212. The topological polar surface area (TPSA) is 46.2 Å². The van der Waals surface area contributed by atoms with Crippen molar-refractivity contribution in [1.29, 1.82) is 0 Å². The van der Waals surface area contributed by atoms with Crippen LogP contribution >= 0.6 is 27.3 Å². The summed E-state index contributed by atoms with van der Waals surface area (Å²) >= 11 is 4.80. The Morgan fingerprint density at radius 1 is 1.47 bits per heavy atom. The lowest BCUT2D eigenvalue weighted by atomic mass is 9.75. The lowest BCUT2D eigenvalue weighted by Gasteiger charge is -2.35. The predicted octanol–water partition coefficient (Wildman–Crippen LogP) is 4.07. The van der Waals surface area contributed by atoms with Crippen molar-refractivity contribution in [2.75, 3.05) is 0 Å². The zero-order valence-electron chi connectivity index (χ0n) is 11.5. The standard InChI is InChI=1S/C13H20BrNO2S2/c1-9-11(7-12(14)18-9)19(16,17)15-10-5-4-6-13(2,3)8-10/h7,10,15H,4-6,8H2,1-3H3. The summed E-state index contributed by atoms with van der Waals surface area (Å²) in [7, 11) is -3.39. The zero-order valence-corrected chi connectivity index (χ0v) is 14.7. The lowest BCUT2D eigenvalue weighted by Crippen LogP contribution is -2.40. The molecule has 1 aliphatic rings. The molecule has 1 aromatic heterocycles. The Morgan fingerprint density at radius 3 is 2.68 bits per heavy atom. The Hall–Kier alpha value is 0.0900. The molecule has 0 aliphatic heterocycles. The first kappa shape index (κ1) is 15.5. The SMILES string of the molecule is Cc1sc(Br)cc1S(=O)(=O)NC1CCCC(C)(C)C1. The van der Waals surface area contributed by atoms with Gasteiger partial charge in [-0.2, -0.15) is 0 Å². The van der Waals surface area contributed by atoms with Crippen LogP contribution in [0.5, 0.6) is 0 Å². The van der Waals surface area contributed by atoms with E-state index in [9.17, 15) is 8.42 Å². The van der Waals surface area contributed by atoms with Crippen LogP contribution in [0, 0.1) is 12.3 Å². The number of sulfonamides is 1.